The molecule has 1 atom stereocenters. The van der Waals surface area contributed by atoms with Crippen molar-refractivity contribution in [3.05, 3.63) is 0 Å². The van der Waals surface area contributed by atoms with Crippen molar-refractivity contribution in [1.82, 2.24) is 0 Å². The van der Waals surface area contributed by atoms with Crippen molar-refractivity contribution >= 4 is 15.9 Å². The smallest absolute Gasteiger partial charge is 0.0465 e. The van der Waals surface area contributed by atoms with E-state index in [2.05, 4.69) is 43.6 Å². The molecular formula is C16H31BrO. The summed E-state index contributed by atoms with van der Waals surface area (Å²) in [7, 11) is 1.81. The Kier molecular flexibility index (Phi) is 6.18. The number of alkyl halides is 1. The molecule has 1 unspecified atom stereocenters. The lowest BCUT2D eigenvalue weighted by atomic mass is 9.60. The van der Waals surface area contributed by atoms with Gasteiger partial charge in [0.2, 0.25) is 0 Å². The summed E-state index contributed by atoms with van der Waals surface area (Å²) in [5.74, 6) is 1.66. The lowest BCUT2D eigenvalue weighted by molar-refractivity contribution is 0.0494. The van der Waals surface area contributed by atoms with Crippen LogP contribution in [0, 0.1) is 22.7 Å². The maximum Gasteiger partial charge on any atom is 0.0465 e. The van der Waals surface area contributed by atoms with E-state index in [0.717, 1.165) is 23.8 Å². The van der Waals surface area contributed by atoms with E-state index in [0.29, 0.717) is 10.8 Å². The fourth-order valence-electron chi connectivity index (χ4n) is 3.42. The van der Waals surface area contributed by atoms with Gasteiger partial charge in [-0.2, -0.15) is 0 Å². The third kappa shape index (κ3) is 3.96. The average Bonchev–Trinajstić information content (AvgIpc) is 2.34. The van der Waals surface area contributed by atoms with Gasteiger partial charge >= 0.3 is 0 Å². The van der Waals surface area contributed by atoms with Crippen LogP contribution in [0.4, 0.5) is 0 Å². The zero-order chi connectivity index (χ0) is 13.8. The van der Waals surface area contributed by atoms with Crippen LogP contribution in [0.5, 0.6) is 0 Å². The minimum atomic E-state index is 0.480. The molecule has 0 spiro atoms. The summed E-state index contributed by atoms with van der Waals surface area (Å²) < 4.78 is 5.25. The highest BCUT2D eigenvalue weighted by Crippen LogP contribution is 2.50. The molecule has 0 bridgehead atoms. The zero-order valence-corrected chi connectivity index (χ0v) is 14.5. The maximum atomic E-state index is 5.25. The number of hydrogen-bond acceptors (Lipinski definition) is 1. The first-order valence-corrected chi connectivity index (χ1v) is 8.53. The summed E-state index contributed by atoms with van der Waals surface area (Å²) in [6, 6.07) is 0. The summed E-state index contributed by atoms with van der Waals surface area (Å²) in [5, 5.41) is 1.15. The Hall–Kier alpha value is 0.440. The molecule has 0 heterocycles. The van der Waals surface area contributed by atoms with Crippen LogP contribution in [0.2, 0.25) is 0 Å². The second kappa shape index (κ2) is 6.74. The van der Waals surface area contributed by atoms with Gasteiger partial charge in [0.25, 0.3) is 0 Å². The second-order valence-electron chi connectivity index (χ2n) is 7.32. The first-order valence-electron chi connectivity index (χ1n) is 7.40. The van der Waals surface area contributed by atoms with Crippen molar-refractivity contribution in [1.29, 1.82) is 0 Å². The molecule has 0 N–H and O–H groups in total. The van der Waals surface area contributed by atoms with Crippen molar-refractivity contribution in [2.75, 3.05) is 19.0 Å². The largest absolute Gasteiger partial charge is 0.385 e. The van der Waals surface area contributed by atoms with E-state index in [9.17, 15) is 0 Å². The molecule has 108 valence electrons. The van der Waals surface area contributed by atoms with E-state index in [1.54, 1.807) is 0 Å². The number of rotatable bonds is 5. The average molecular weight is 319 g/mol. The maximum absolute atomic E-state index is 5.25. The highest BCUT2D eigenvalue weighted by Gasteiger charge is 2.41. The van der Waals surface area contributed by atoms with Crippen LogP contribution in [-0.2, 0) is 4.74 Å². The van der Waals surface area contributed by atoms with Crippen LogP contribution in [0.1, 0.15) is 59.8 Å². The van der Waals surface area contributed by atoms with E-state index in [-0.39, 0.29) is 0 Å². The van der Waals surface area contributed by atoms with Gasteiger partial charge in [0.1, 0.15) is 0 Å². The molecular weight excluding hydrogens is 288 g/mol. The summed E-state index contributed by atoms with van der Waals surface area (Å²) in [5.41, 5.74) is 0.995. The Bertz CT molecular complexity index is 236. The molecule has 1 saturated carbocycles. The molecule has 18 heavy (non-hydrogen) atoms. The van der Waals surface area contributed by atoms with Crippen LogP contribution >= 0.6 is 15.9 Å². The van der Waals surface area contributed by atoms with Crippen molar-refractivity contribution in [2.24, 2.45) is 22.7 Å². The second-order valence-corrected chi connectivity index (χ2v) is 7.88. The number of ether oxygens (including phenoxy) is 1. The third-order valence-electron chi connectivity index (χ3n) is 5.27. The molecule has 1 nitrogen and oxygen atoms in total. The van der Waals surface area contributed by atoms with Gasteiger partial charge in [0.05, 0.1) is 0 Å². The van der Waals surface area contributed by atoms with Crippen LogP contribution in [0.15, 0.2) is 0 Å². The number of halogens is 1. The van der Waals surface area contributed by atoms with Gasteiger partial charge in [-0.05, 0) is 54.8 Å². The summed E-state index contributed by atoms with van der Waals surface area (Å²) in [6.07, 6.45) is 6.75. The molecule has 1 aliphatic rings. The Balaban J connectivity index is 2.59. The minimum absolute atomic E-state index is 0.480. The first-order chi connectivity index (χ1) is 8.35. The molecule has 0 aromatic heterocycles. The summed E-state index contributed by atoms with van der Waals surface area (Å²) in [4.78, 5) is 0. The van der Waals surface area contributed by atoms with Gasteiger partial charge < -0.3 is 4.74 Å². The Morgan fingerprint density at radius 3 is 2.22 bits per heavy atom. The monoisotopic (exact) mass is 318 g/mol. The SMILES string of the molecule is COCCC(C)C1(CBr)CCC(C(C)(C)C)CC1. The molecule has 0 radical (unpaired) electrons. The van der Waals surface area contributed by atoms with Crippen molar-refractivity contribution in [2.45, 2.75) is 59.8 Å². The predicted molar refractivity (Wildman–Crippen MR) is 83.3 cm³/mol. The van der Waals surface area contributed by atoms with Crippen LogP contribution in [-0.4, -0.2) is 19.0 Å². The van der Waals surface area contributed by atoms with Gasteiger partial charge in [-0.1, -0.05) is 43.6 Å². The van der Waals surface area contributed by atoms with Gasteiger partial charge in [-0.3, -0.25) is 0 Å². The standard InChI is InChI=1S/C16H31BrO/c1-13(8-11-18-5)16(12-17)9-6-14(7-10-16)15(2,3)4/h13-14H,6-12H2,1-5H3. The minimum Gasteiger partial charge on any atom is -0.385 e. The lowest BCUT2D eigenvalue weighted by Gasteiger charge is -2.46. The number of methoxy groups -OCH3 is 1. The fourth-order valence-corrected chi connectivity index (χ4v) is 4.53. The normalized spacial score (nSPS) is 31.3. The van der Waals surface area contributed by atoms with E-state index >= 15 is 0 Å². The molecule has 0 saturated heterocycles. The first kappa shape index (κ1) is 16.5. The van der Waals surface area contributed by atoms with Gasteiger partial charge in [0.15, 0.2) is 0 Å². The fraction of sp³-hybridized carbons (Fsp3) is 1.00. The number of hydrogen-bond donors (Lipinski definition) is 0. The third-order valence-corrected chi connectivity index (χ3v) is 6.39. The molecule has 0 aromatic rings. The predicted octanol–water partition coefficient (Wildman–Crippen LogP) is 5.28. The zero-order valence-electron chi connectivity index (χ0n) is 12.9. The van der Waals surface area contributed by atoms with E-state index < -0.39 is 0 Å². The Labute approximate surface area is 122 Å². The van der Waals surface area contributed by atoms with Crippen molar-refractivity contribution in [3.63, 3.8) is 0 Å². The van der Waals surface area contributed by atoms with Crippen molar-refractivity contribution in [3.8, 4) is 0 Å². The highest BCUT2D eigenvalue weighted by molar-refractivity contribution is 9.09. The van der Waals surface area contributed by atoms with Gasteiger partial charge in [0, 0.05) is 19.0 Å². The van der Waals surface area contributed by atoms with E-state index in [1.807, 2.05) is 7.11 Å². The molecule has 0 aliphatic heterocycles. The van der Waals surface area contributed by atoms with E-state index in [4.69, 9.17) is 4.74 Å². The summed E-state index contributed by atoms with van der Waals surface area (Å²) in [6.45, 7) is 10.5. The highest BCUT2D eigenvalue weighted by atomic mass is 79.9. The Morgan fingerprint density at radius 2 is 1.83 bits per heavy atom. The van der Waals surface area contributed by atoms with Crippen LogP contribution in [0.3, 0.4) is 0 Å². The lowest BCUT2D eigenvalue weighted by Crippen LogP contribution is -2.38. The molecule has 1 fully saturated rings. The molecule has 0 aromatic carbocycles. The molecule has 0 amide bonds. The molecule has 2 heteroatoms. The topological polar surface area (TPSA) is 9.23 Å². The summed E-state index contributed by atoms with van der Waals surface area (Å²) >= 11 is 3.79. The molecule has 1 aliphatic carbocycles. The van der Waals surface area contributed by atoms with Gasteiger partial charge in [-0.15, -0.1) is 0 Å². The Morgan fingerprint density at radius 1 is 1.28 bits per heavy atom. The van der Waals surface area contributed by atoms with Crippen molar-refractivity contribution < 1.29 is 4.74 Å². The van der Waals surface area contributed by atoms with Gasteiger partial charge in [-0.25, -0.2) is 0 Å². The quantitative estimate of drug-likeness (QED) is 0.627. The van der Waals surface area contributed by atoms with E-state index in [1.165, 1.54) is 32.1 Å². The molecule has 1 rings (SSSR count). The van der Waals surface area contributed by atoms with Crippen LogP contribution < -0.4 is 0 Å². The van der Waals surface area contributed by atoms with Crippen LogP contribution in [0.25, 0.3) is 0 Å².